The van der Waals surface area contributed by atoms with E-state index in [4.69, 9.17) is 0 Å². The molecule has 1 aliphatic rings. The van der Waals surface area contributed by atoms with Crippen LogP contribution >= 0.6 is 0 Å². The summed E-state index contributed by atoms with van der Waals surface area (Å²) in [6.45, 7) is 7.52. The predicted molar refractivity (Wildman–Crippen MR) is 74.5 cm³/mol. The van der Waals surface area contributed by atoms with Crippen molar-refractivity contribution in [1.82, 2.24) is 14.9 Å². The molecule has 4 nitrogen and oxygen atoms in total. The first kappa shape index (κ1) is 13.3. The summed E-state index contributed by atoms with van der Waals surface area (Å²) in [4.78, 5) is 11.4. The summed E-state index contributed by atoms with van der Waals surface area (Å²) in [7, 11) is 0. The van der Waals surface area contributed by atoms with E-state index >= 15 is 0 Å². The van der Waals surface area contributed by atoms with Gasteiger partial charge in [0.05, 0.1) is 18.1 Å². The van der Waals surface area contributed by atoms with Crippen LogP contribution in [0.3, 0.4) is 0 Å². The quantitative estimate of drug-likeness (QED) is 0.840. The number of hydrogen-bond donors (Lipinski definition) is 1. The van der Waals surface area contributed by atoms with Crippen LogP contribution in [0.15, 0.2) is 12.4 Å². The van der Waals surface area contributed by atoms with Crippen molar-refractivity contribution in [1.29, 1.82) is 0 Å². The number of nitrogens with one attached hydrogen (secondary N) is 1. The zero-order valence-electron chi connectivity index (χ0n) is 11.5. The highest BCUT2D eigenvalue weighted by Crippen LogP contribution is 2.21. The molecule has 1 N–H and O–H groups in total. The van der Waals surface area contributed by atoms with Crippen LogP contribution in [-0.2, 0) is 6.54 Å². The van der Waals surface area contributed by atoms with Crippen molar-refractivity contribution in [3.8, 4) is 0 Å². The van der Waals surface area contributed by atoms with Gasteiger partial charge in [-0.3, -0.25) is 9.88 Å². The standard InChI is InChI=1S/C14H24N4/c1-3-7-15-14-10-16-12(9-17-14)11-18-8-5-6-13(18)4-2/h9-10,13H,3-8,11H2,1-2H3,(H,15,17). The molecule has 0 radical (unpaired) electrons. The van der Waals surface area contributed by atoms with Gasteiger partial charge in [-0.1, -0.05) is 13.8 Å². The Morgan fingerprint density at radius 3 is 2.89 bits per heavy atom. The molecule has 2 rings (SSSR count). The van der Waals surface area contributed by atoms with Crippen LogP contribution in [-0.4, -0.2) is 34.0 Å². The van der Waals surface area contributed by atoms with Crippen LogP contribution in [0.4, 0.5) is 5.82 Å². The van der Waals surface area contributed by atoms with Crippen molar-refractivity contribution in [2.24, 2.45) is 0 Å². The van der Waals surface area contributed by atoms with E-state index in [0.717, 1.165) is 37.1 Å². The highest BCUT2D eigenvalue weighted by molar-refractivity contribution is 5.30. The molecular formula is C14H24N4. The van der Waals surface area contributed by atoms with Gasteiger partial charge in [0.1, 0.15) is 5.82 Å². The van der Waals surface area contributed by atoms with Crippen LogP contribution in [0.25, 0.3) is 0 Å². The summed E-state index contributed by atoms with van der Waals surface area (Å²) in [6.07, 6.45) is 8.76. The van der Waals surface area contributed by atoms with Gasteiger partial charge in [-0.05, 0) is 32.2 Å². The summed E-state index contributed by atoms with van der Waals surface area (Å²) in [5.41, 5.74) is 1.08. The molecule has 0 amide bonds. The van der Waals surface area contributed by atoms with Crippen LogP contribution in [0.5, 0.6) is 0 Å². The molecule has 18 heavy (non-hydrogen) atoms. The summed E-state index contributed by atoms with van der Waals surface area (Å²) >= 11 is 0. The monoisotopic (exact) mass is 248 g/mol. The number of aromatic nitrogens is 2. The Morgan fingerprint density at radius 1 is 1.33 bits per heavy atom. The second-order valence-corrected chi connectivity index (χ2v) is 4.99. The summed E-state index contributed by atoms with van der Waals surface area (Å²) in [6, 6.07) is 0.740. The summed E-state index contributed by atoms with van der Waals surface area (Å²) in [5.74, 6) is 0.883. The average molecular weight is 248 g/mol. The maximum atomic E-state index is 4.50. The maximum absolute atomic E-state index is 4.50. The third-order valence-corrected chi connectivity index (χ3v) is 3.60. The Balaban J connectivity index is 1.89. The van der Waals surface area contributed by atoms with Crippen molar-refractivity contribution in [3.63, 3.8) is 0 Å². The molecule has 0 aliphatic carbocycles. The molecule has 0 saturated carbocycles. The molecule has 1 aliphatic heterocycles. The lowest BCUT2D eigenvalue weighted by atomic mass is 10.2. The minimum Gasteiger partial charge on any atom is -0.369 e. The molecule has 1 aromatic heterocycles. The van der Waals surface area contributed by atoms with E-state index < -0.39 is 0 Å². The summed E-state index contributed by atoms with van der Waals surface area (Å²) in [5, 5.41) is 3.25. The number of anilines is 1. The van der Waals surface area contributed by atoms with Gasteiger partial charge in [-0.15, -0.1) is 0 Å². The van der Waals surface area contributed by atoms with E-state index in [9.17, 15) is 0 Å². The fourth-order valence-electron chi connectivity index (χ4n) is 2.55. The molecule has 1 saturated heterocycles. The Kier molecular flexibility index (Phi) is 4.93. The Morgan fingerprint density at radius 2 is 2.22 bits per heavy atom. The van der Waals surface area contributed by atoms with E-state index in [0.29, 0.717) is 0 Å². The third-order valence-electron chi connectivity index (χ3n) is 3.60. The number of hydrogen-bond acceptors (Lipinski definition) is 4. The number of likely N-dealkylation sites (tertiary alicyclic amines) is 1. The molecule has 1 fully saturated rings. The normalized spacial score (nSPS) is 20.2. The largest absolute Gasteiger partial charge is 0.369 e. The molecule has 1 aromatic rings. The smallest absolute Gasteiger partial charge is 0.144 e. The second kappa shape index (κ2) is 6.69. The average Bonchev–Trinajstić information content (AvgIpc) is 2.85. The molecular weight excluding hydrogens is 224 g/mol. The van der Waals surface area contributed by atoms with Gasteiger partial charge in [0, 0.05) is 19.1 Å². The van der Waals surface area contributed by atoms with Gasteiger partial charge in [0.25, 0.3) is 0 Å². The van der Waals surface area contributed by atoms with Gasteiger partial charge in [-0.2, -0.15) is 0 Å². The zero-order valence-corrected chi connectivity index (χ0v) is 11.5. The first-order valence-electron chi connectivity index (χ1n) is 7.12. The van der Waals surface area contributed by atoms with Crippen molar-refractivity contribution in [2.45, 2.75) is 52.1 Å². The molecule has 100 valence electrons. The van der Waals surface area contributed by atoms with Crippen LogP contribution < -0.4 is 5.32 Å². The third kappa shape index (κ3) is 3.42. The van der Waals surface area contributed by atoms with Gasteiger partial charge < -0.3 is 5.32 Å². The maximum Gasteiger partial charge on any atom is 0.144 e. The van der Waals surface area contributed by atoms with Gasteiger partial charge in [0.2, 0.25) is 0 Å². The lowest BCUT2D eigenvalue weighted by Gasteiger charge is -2.22. The van der Waals surface area contributed by atoms with Crippen molar-refractivity contribution in [2.75, 3.05) is 18.4 Å². The molecule has 2 heterocycles. The fraction of sp³-hybridized carbons (Fsp3) is 0.714. The molecule has 0 spiro atoms. The highest BCUT2D eigenvalue weighted by atomic mass is 15.2. The molecule has 0 bridgehead atoms. The first-order valence-corrected chi connectivity index (χ1v) is 7.12. The minimum atomic E-state index is 0.740. The summed E-state index contributed by atoms with van der Waals surface area (Å²) < 4.78 is 0. The second-order valence-electron chi connectivity index (χ2n) is 4.99. The van der Waals surface area contributed by atoms with Gasteiger partial charge in [0.15, 0.2) is 0 Å². The molecule has 4 heteroatoms. The Hall–Kier alpha value is -1.16. The zero-order chi connectivity index (χ0) is 12.8. The van der Waals surface area contributed by atoms with E-state index in [2.05, 4.69) is 34.0 Å². The van der Waals surface area contributed by atoms with Gasteiger partial charge >= 0.3 is 0 Å². The van der Waals surface area contributed by atoms with Crippen molar-refractivity contribution in [3.05, 3.63) is 18.1 Å². The van der Waals surface area contributed by atoms with E-state index in [-0.39, 0.29) is 0 Å². The van der Waals surface area contributed by atoms with Crippen LogP contribution in [0.2, 0.25) is 0 Å². The van der Waals surface area contributed by atoms with Gasteiger partial charge in [-0.25, -0.2) is 4.98 Å². The molecule has 1 atom stereocenters. The van der Waals surface area contributed by atoms with Crippen molar-refractivity contribution < 1.29 is 0 Å². The van der Waals surface area contributed by atoms with Crippen LogP contribution in [0, 0.1) is 0 Å². The topological polar surface area (TPSA) is 41.1 Å². The van der Waals surface area contributed by atoms with E-state index in [1.807, 2.05) is 12.4 Å². The fourth-order valence-corrected chi connectivity index (χ4v) is 2.55. The highest BCUT2D eigenvalue weighted by Gasteiger charge is 2.22. The number of rotatable bonds is 6. The predicted octanol–water partition coefficient (Wildman–Crippen LogP) is 2.67. The lowest BCUT2D eigenvalue weighted by Crippen LogP contribution is -2.28. The lowest BCUT2D eigenvalue weighted by molar-refractivity contribution is 0.237. The minimum absolute atomic E-state index is 0.740. The Bertz CT molecular complexity index is 349. The first-order chi connectivity index (χ1) is 8.83. The SMILES string of the molecule is CCCNc1cnc(CN2CCCC2CC)cn1. The molecule has 1 unspecified atom stereocenters. The van der Waals surface area contributed by atoms with Crippen molar-refractivity contribution >= 4 is 5.82 Å². The van der Waals surface area contributed by atoms with E-state index in [1.54, 1.807) is 0 Å². The van der Waals surface area contributed by atoms with E-state index in [1.165, 1.54) is 25.8 Å². The van der Waals surface area contributed by atoms with Crippen LogP contribution in [0.1, 0.15) is 45.2 Å². The molecule has 0 aromatic carbocycles. The number of nitrogens with zero attached hydrogens (tertiary/aromatic N) is 3. The Labute approximate surface area is 110 Å².